The molecule has 2 aromatic heterocycles. The van der Waals surface area contributed by atoms with Crippen molar-refractivity contribution in [2.45, 2.75) is 24.2 Å². The van der Waals surface area contributed by atoms with E-state index in [0.717, 1.165) is 0 Å². The summed E-state index contributed by atoms with van der Waals surface area (Å²) in [5.41, 5.74) is -0.322. The van der Waals surface area contributed by atoms with E-state index in [1.807, 2.05) is 0 Å². The van der Waals surface area contributed by atoms with Crippen LogP contribution in [0.25, 0.3) is 5.69 Å². The lowest BCUT2D eigenvalue weighted by Gasteiger charge is -2.46. The van der Waals surface area contributed by atoms with Gasteiger partial charge in [-0.25, -0.2) is 18.4 Å². The van der Waals surface area contributed by atoms with E-state index < -0.39 is 36.0 Å². The Balaban J connectivity index is 1.58. The molecular formula is C19H15F3N4O. The molecule has 0 unspecified atom stereocenters. The number of nitrogens with zero attached hydrogens (tertiary/aromatic N) is 3. The Morgan fingerprint density at radius 1 is 1.11 bits per heavy atom. The van der Waals surface area contributed by atoms with Crippen LogP contribution in [0.2, 0.25) is 0 Å². The third kappa shape index (κ3) is 3.18. The smallest absolute Gasteiger partial charge is 0.250 e. The monoisotopic (exact) mass is 372 g/mol. The quantitative estimate of drug-likeness (QED) is 0.711. The summed E-state index contributed by atoms with van der Waals surface area (Å²) in [5, 5.41) is 6.78. The minimum absolute atomic E-state index is 0.197. The van der Waals surface area contributed by atoms with Crippen LogP contribution in [-0.2, 0) is 10.2 Å². The van der Waals surface area contributed by atoms with Crippen LogP contribution in [0.5, 0.6) is 0 Å². The van der Waals surface area contributed by atoms with Gasteiger partial charge in [-0.3, -0.25) is 4.79 Å². The summed E-state index contributed by atoms with van der Waals surface area (Å²) in [6.45, 7) is 0. The van der Waals surface area contributed by atoms with Gasteiger partial charge in [0.15, 0.2) is 5.82 Å². The number of anilines is 1. The average Bonchev–Trinajstić information content (AvgIpc) is 3.08. The Kier molecular flexibility index (Phi) is 3.98. The maximum absolute atomic E-state index is 13.6. The van der Waals surface area contributed by atoms with Gasteiger partial charge in [-0.05, 0) is 11.6 Å². The fourth-order valence-corrected chi connectivity index (χ4v) is 3.39. The normalized spacial score (nSPS) is 17.1. The van der Waals surface area contributed by atoms with Crippen LogP contribution in [0.1, 0.15) is 18.4 Å². The van der Waals surface area contributed by atoms with E-state index in [1.54, 1.807) is 36.4 Å². The van der Waals surface area contributed by atoms with Crippen molar-refractivity contribution in [2.75, 3.05) is 5.32 Å². The van der Waals surface area contributed by atoms with E-state index in [9.17, 15) is 18.0 Å². The first-order valence-corrected chi connectivity index (χ1v) is 8.30. The van der Waals surface area contributed by atoms with Crippen LogP contribution in [0.4, 0.5) is 19.0 Å². The molecule has 1 aromatic carbocycles. The molecule has 0 bridgehead atoms. The van der Waals surface area contributed by atoms with Crippen molar-refractivity contribution < 1.29 is 18.0 Å². The second kappa shape index (κ2) is 6.22. The van der Waals surface area contributed by atoms with Crippen molar-refractivity contribution in [3.05, 3.63) is 72.4 Å². The number of carbonyl (C=O) groups excluding carboxylic acids is 1. The van der Waals surface area contributed by atoms with Crippen LogP contribution < -0.4 is 5.32 Å². The van der Waals surface area contributed by atoms with Crippen LogP contribution in [0.15, 0.2) is 60.9 Å². The molecule has 0 atom stereocenters. The average molecular weight is 372 g/mol. The Labute approximate surface area is 152 Å². The number of rotatable bonds is 4. The van der Waals surface area contributed by atoms with Gasteiger partial charge in [0.05, 0.1) is 11.1 Å². The second-order valence-corrected chi connectivity index (χ2v) is 6.59. The molecule has 0 spiro atoms. The highest BCUT2D eigenvalue weighted by Crippen LogP contribution is 2.53. The third-order valence-corrected chi connectivity index (χ3v) is 4.69. The van der Waals surface area contributed by atoms with Crippen LogP contribution >= 0.6 is 0 Å². The molecule has 1 aliphatic carbocycles. The van der Waals surface area contributed by atoms with E-state index in [0.29, 0.717) is 11.3 Å². The second-order valence-electron chi connectivity index (χ2n) is 6.59. The predicted molar refractivity (Wildman–Crippen MR) is 92.2 cm³/mol. The lowest BCUT2D eigenvalue weighted by Crippen LogP contribution is -2.56. The molecular weight excluding hydrogens is 357 g/mol. The number of carbonyl (C=O) groups is 1. The molecule has 5 nitrogen and oxygen atoms in total. The van der Waals surface area contributed by atoms with E-state index in [4.69, 9.17) is 0 Å². The highest BCUT2D eigenvalue weighted by atomic mass is 19.3. The maximum atomic E-state index is 13.6. The van der Waals surface area contributed by atoms with Gasteiger partial charge in [-0.1, -0.05) is 30.3 Å². The molecule has 4 rings (SSSR count). The van der Waals surface area contributed by atoms with Gasteiger partial charge in [-0.2, -0.15) is 9.49 Å². The van der Waals surface area contributed by atoms with Gasteiger partial charge in [0.25, 0.3) is 5.92 Å². The van der Waals surface area contributed by atoms with Gasteiger partial charge in [-0.15, -0.1) is 0 Å². The van der Waals surface area contributed by atoms with Crippen LogP contribution in [0, 0.1) is 5.95 Å². The number of hydrogen-bond donors (Lipinski definition) is 1. The lowest BCUT2D eigenvalue weighted by molar-refractivity contribution is -0.154. The van der Waals surface area contributed by atoms with Gasteiger partial charge in [0.1, 0.15) is 0 Å². The van der Waals surface area contributed by atoms with Gasteiger partial charge in [0, 0.05) is 37.4 Å². The van der Waals surface area contributed by atoms with E-state index in [2.05, 4.69) is 15.4 Å². The first-order chi connectivity index (χ1) is 12.9. The standard InChI is InChI=1S/C19H15F3N4O/c20-15-10-14(6-8-23-15)26-9-7-16(25-26)24-17(27)18(11-19(21,22)12-18)13-4-2-1-3-5-13/h1-10H,11-12H2,(H,24,25,27). The molecule has 0 radical (unpaired) electrons. The zero-order chi connectivity index (χ0) is 19.1. The van der Waals surface area contributed by atoms with E-state index in [-0.39, 0.29) is 5.82 Å². The number of pyridine rings is 1. The maximum Gasteiger partial charge on any atom is 0.250 e. The largest absolute Gasteiger partial charge is 0.308 e. The first kappa shape index (κ1) is 17.3. The van der Waals surface area contributed by atoms with Gasteiger partial charge < -0.3 is 5.32 Å². The number of halogens is 3. The Morgan fingerprint density at radius 2 is 1.85 bits per heavy atom. The third-order valence-electron chi connectivity index (χ3n) is 4.69. The highest BCUT2D eigenvalue weighted by Gasteiger charge is 2.61. The summed E-state index contributed by atoms with van der Waals surface area (Å²) in [5.74, 6) is -3.87. The summed E-state index contributed by atoms with van der Waals surface area (Å²) in [6, 6.07) is 12.8. The number of alkyl halides is 2. The van der Waals surface area contributed by atoms with E-state index >= 15 is 0 Å². The first-order valence-electron chi connectivity index (χ1n) is 8.30. The minimum Gasteiger partial charge on any atom is -0.308 e. The molecule has 27 heavy (non-hydrogen) atoms. The molecule has 0 aliphatic heterocycles. The number of benzene rings is 1. The summed E-state index contributed by atoms with van der Waals surface area (Å²) in [6.07, 6.45) is 1.73. The SMILES string of the molecule is O=C(Nc1ccn(-c2ccnc(F)c2)n1)C1(c2ccccc2)CC(F)(F)C1. The Hall–Kier alpha value is -3.16. The molecule has 1 aliphatic rings. The molecule has 1 N–H and O–H groups in total. The fourth-order valence-electron chi connectivity index (χ4n) is 3.39. The topological polar surface area (TPSA) is 59.8 Å². The van der Waals surface area contributed by atoms with Crippen molar-refractivity contribution in [2.24, 2.45) is 0 Å². The van der Waals surface area contributed by atoms with Gasteiger partial charge in [0.2, 0.25) is 11.9 Å². The molecule has 1 fully saturated rings. The van der Waals surface area contributed by atoms with Crippen molar-refractivity contribution in [3.8, 4) is 5.69 Å². The molecule has 0 saturated heterocycles. The predicted octanol–water partition coefficient (Wildman–Crippen LogP) is 3.71. The number of aromatic nitrogens is 3. The number of nitrogens with one attached hydrogen (secondary N) is 1. The van der Waals surface area contributed by atoms with Crippen molar-refractivity contribution in [1.82, 2.24) is 14.8 Å². The molecule has 8 heteroatoms. The molecule has 2 heterocycles. The molecule has 138 valence electrons. The van der Waals surface area contributed by atoms with Gasteiger partial charge >= 0.3 is 0 Å². The summed E-state index contributed by atoms with van der Waals surface area (Å²) < 4.78 is 41.9. The zero-order valence-electron chi connectivity index (χ0n) is 14.1. The van der Waals surface area contributed by atoms with Crippen molar-refractivity contribution >= 4 is 11.7 Å². The Morgan fingerprint density at radius 3 is 2.52 bits per heavy atom. The fraction of sp³-hybridized carbons (Fsp3) is 0.211. The van der Waals surface area contributed by atoms with Crippen LogP contribution in [0.3, 0.4) is 0 Å². The van der Waals surface area contributed by atoms with Crippen molar-refractivity contribution in [1.29, 1.82) is 0 Å². The van der Waals surface area contributed by atoms with Crippen LogP contribution in [-0.4, -0.2) is 26.6 Å². The minimum atomic E-state index is -2.87. The molecule has 1 amide bonds. The molecule has 1 saturated carbocycles. The number of hydrogen-bond acceptors (Lipinski definition) is 3. The zero-order valence-corrected chi connectivity index (χ0v) is 14.1. The summed E-state index contributed by atoms with van der Waals surface area (Å²) >= 11 is 0. The number of amides is 1. The van der Waals surface area contributed by atoms with Crippen molar-refractivity contribution in [3.63, 3.8) is 0 Å². The summed E-state index contributed by atoms with van der Waals surface area (Å²) in [7, 11) is 0. The summed E-state index contributed by atoms with van der Waals surface area (Å²) in [4.78, 5) is 16.3. The lowest BCUT2D eigenvalue weighted by atomic mass is 9.61. The van der Waals surface area contributed by atoms with E-state index in [1.165, 1.54) is 29.2 Å². The Bertz CT molecular complexity index is 979. The highest BCUT2D eigenvalue weighted by molar-refractivity contribution is 5.99. The molecule has 3 aromatic rings.